The summed E-state index contributed by atoms with van der Waals surface area (Å²) in [5.41, 5.74) is -0.0658. The van der Waals surface area contributed by atoms with Crippen LogP contribution in [0, 0.1) is 17.6 Å². The minimum atomic E-state index is -0.638. The summed E-state index contributed by atoms with van der Waals surface area (Å²) in [7, 11) is 3.39. The first-order valence-corrected chi connectivity index (χ1v) is 7.86. The summed E-state index contributed by atoms with van der Waals surface area (Å²) in [6.45, 7) is 0.113. The molecule has 3 atom stereocenters. The van der Waals surface area contributed by atoms with E-state index in [1.807, 2.05) is 12.2 Å². The standard InChI is InChI=1S/C17H23F2N3O2/c1-22(2)15(16-13(18)4-3-5-14(16)19)9-20-17(24)21-12-7-6-11(8-12)10-23/h3-7,11-12,15,23H,8-10H2,1-2H3,(H2,20,21,24)/t11-,12+,15?/m0/s1. The lowest BCUT2D eigenvalue weighted by molar-refractivity contribution is 0.224. The Kier molecular flexibility index (Phi) is 6.28. The summed E-state index contributed by atoms with van der Waals surface area (Å²) in [5, 5.41) is 14.5. The number of aliphatic hydroxyl groups excluding tert-OH is 1. The molecule has 0 saturated heterocycles. The molecule has 0 spiro atoms. The van der Waals surface area contributed by atoms with Crippen LogP contribution in [0.4, 0.5) is 13.6 Å². The molecular formula is C17H23F2N3O2. The first-order chi connectivity index (χ1) is 11.4. The highest BCUT2D eigenvalue weighted by molar-refractivity contribution is 5.74. The van der Waals surface area contributed by atoms with E-state index in [-0.39, 0.29) is 30.7 Å². The summed E-state index contributed by atoms with van der Waals surface area (Å²) in [6, 6.07) is 2.53. The molecule has 24 heavy (non-hydrogen) atoms. The fourth-order valence-electron chi connectivity index (χ4n) is 2.80. The lowest BCUT2D eigenvalue weighted by Gasteiger charge is -2.26. The molecule has 1 aliphatic carbocycles. The minimum Gasteiger partial charge on any atom is -0.396 e. The van der Waals surface area contributed by atoms with Gasteiger partial charge in [0, 0.05) is 30.7 Å². The summed E-state index contributed by atoms with van der Waals surface area (Å²) in [5.74, 6) is -1.22. The van der Waals surface area contributed by atoms with Crippen LogP contribution in [0.15, 0.2) is 30.4 Å². The predicted molar refractivity (Wildman–Crippen MR) is 87.4 cm³/mol. The number of nitrogens with zero attached hydrogens (tertiary/aromatic N) is 1. The topological polar surface area (TPSA) is 64.6 Å². The van der Waals surface area contributed by atoms with Gasteiger partial charge in [-0.25, -0.2) is 13.6 Å². The maximum absolute atomic E-state index is 14.0. The van der Waals surface area contributed by atoms with Crippen LogP contribution in [0.2, 0.25) is 0 Å². The minimum absolute atomic E-state index is 0.0472. The molecule has 1 aliphatic rings. The van der Waals surface area contributed by atoms with Gasteiger partial charge in [0.25, 0.3) is 0 Å². The number of rotatable bonds is 6. The summed E-state index contributed by atoms with van der Waals surface area (Å²) >= 11 is 0. The molecule has 0 aromatic heterocycles. The van der Waals surface area contributed by atoms with E-state index in [0.29, 0.717) is 6.42 Å². The van der Waals surface area contributed by atoms with Crippen LogP contribution in [0.25, 0.3) is 0 Å². The van der Waals surface area contributed by atoms with Crippen LogP contribution in [-0.2, 0) is 0 Å². The van der Waals surface area contributed by atoms with Gasteiger partial charge in [-0.05, 0) is 32.6 Å². The zero-order chi connectivity index (χ0) is 17.7. The second kappa shape index (κ2) is 8.21. The van der Waals surface area contributed by atoms with Crippen LogP contribution in [0.1, 0.15) is 18.0 Å². The molecule has 0 fully saturated rings. The van der Waals surface area contributed by atoms with Gasteiger partial charge >= 0.3 is 6.03 Å². The van der Waals surface area contributed by atoms with Gasteiger partial charge in [-0.3, -0.25) is 0 Å². The lowest BCUT2D eigenvalue weighted by Crippen LogP contribution is -2.44. The third-order valence-corrected chi connectivity index (χ3v) is 4.14. The molecule has 1 aromatic rings. The number of carbonyl (C=O) groups is 1. The van der Waals surface area contributed by atoms with E-state index < -0.39 is 23.7 Å². The summed E-state index contributed by atoms with van der Waals surface area (Å²) < 4.78 is 27.9. The maximum atomic E-state index is 14.0. The van der Waals surface area contributed by atoms with Crippen molar-refractivity contribution in [3.8, 4) is 0 Å². The van der Waals surface area contributed by atoms with Crippen LogP contribution >= 0.6 is 0 Å². The molecule has 2 rings (SSSR count). The molecule has 132 valence electrons. The monoisotopic (exact) mass is 339 g/mol. The van der Waals surface area contributed by atoms with E-state index in [1.54, 1.807) is 19.0 Å². The number of nitrogens with one attached hydrogen (secondary N) is 2. The second-order valence-corrected chi connectivity index (χ2v) is 6.14. The van der Waals surface area contributed by atoms with E-state index in [9.17, 15) is 13.6 Å². The Morgan fingerprint density at radius 1 is 1.33 bits per heavy atom. The van der Waals surface area contributed by atoms with Crippen molar-refractivity contribution in [3.63, 3.8) is 0 Å². The highest BCUT2D eigenvalue weighted by Crippen LogP contribution is 2.24. The molecule has 0 aliphatic heterocycles. The SMILES string of the molecule is CN(C)C(CNC(=O)N[C@@H]1C=C[C@H](CO)C1)c1c(F)cccc1F. The number of amides is 2. The third-order valence-electron chi connectivity index (χ3n) is 4.14. The quantitative estimate of drug-likeness (QED) is 0.693. The second-order valence-electron chi connectivity index (χ2n) is 6.14. The van der Waals surface area contributed by atoms with E-state index >= 15 is 0 Å². The van der Waals surface area contributed by atoms with Gasteiger partial charge in [0.15, 0.2) is 0 Å². The Hall–Kier alpha value is -1.99. The molecule has 7 heteroatoms. The van der Waals surface area contributed by atoms with Crippen molar-refractivity contribution in [1.29, 1.82) is 0 Å². The Bertz CT molecular complexity index is 587. The van der Waals surface area contributed by atoms with Crippen molar-refractivity contribution in [2.75, 3.05) is 27.2 Å². The van der Waals surface area contributed by atoms with Crippen molar-refractivity contribution in [3.05, 3.63) is 47.5 Å². The average Bonchev–Trinajstić information content (AvgIpc) is 2.97. The molecule has 3 N–H and O–H groups in total. The van der Waals surface area contributed by atoms with Crippen molar-refractivity contribution in [1.82, 2.24) is 15.5 Å². The fraction of sp³-hybridized carbons (Fsp3) is 0.471. The Labute approximate surface area is 140 Å². The zero-order valence-corrected chi connectivity index (χ0v) is 13.8. The molecule has 2 amide bonds. The van der Waals surface area contributed by atoms with Crippen LogP contribution in [-0.4, -0.2) is 49.3 Å². The van der Waals surface area contributed by atoms with E-state index in [4.69, 9.17) is 5.11 Å². The van der Waals surface area contributed by atoms with E-state index in [1.165, 1.54) is 18.2 Å². The molecule has 1 unspecified atom stereocenters. The molecule has 0 heterocycles. The number of hydrogen-bond donors (Lipinski definition) is 3. The molecule has 0 bridgehead atoms. The lowest BCUT2D eigenvalue weighted by atomic mass is 10.0. The van der Waals surface area contributed by atoms with Crippen molar-refractivity contribution < 1.29 is 18.7 Å². The van der Waals surface area contributed by atoms with Gasteiger partial charge in [0.2, 0.25) is 0 Å². The van der Waals surface area contributed by atoms with Gasteiger partial charge in [-0.2, -0.15) is 0 Å². The first kappa shape index (κ1) is 18.4. The molecule has 0 saturated carbocycles. The highest BCUT2D eigenvalue weighted by Gasteiger charge is 2.24. The van der Waals surface area contributed by atoms with Crippen LogP contribution in [0.3, 0.4) is 0 Å². The number of halogens is 2. The average molecular weight is 339 g/mol. The molecule has 1 aromatic carbocycles. The predicted octanol–water partition coefficient (Wildman–Crippen LogP) is 1.80. The largest absolute Gasteiger partial charge is 0.396 e. The highest BCUT2D eigenvalue weighted by atomic mass is 19.1. The van der Waals surface area contributed by atoms with Gasteiger partial charge < -0.3 is 20.6 Å². The summed E-state index contributed by atoms with van der Waals surface area (Å²) in [4.78, 5) is 13.6. The Balaban J connectivity index is 1.95. The van der Waals surface area contributed by atoms with E-state index in [2.05, 4.69) is 10.6 Å². The van der Waals surface area contributed by atoms with Crippen molar-refractivity contribution in [2.45, 2.75) is 18.5 Å². The van der Waals surface area contributed by atoms with Crippen LogP contribution in [0.5, 0.6) is 0 Å². The number of benzene rings is 1. The zero-order valence-electron chi connectivity index (χ0n) is 13.8. The smallest absolute Gasteiger partial charge is 0.315 e. The molecule has 0 radical (unpaired) electrons. The fourth-order valence-corrected chi connectivity index (χ4v) is 2.80. The van der Waals surface area contributed by atoms with E-state index in [0.717, 1.165) is 0 Å². The first-order valence-electron chi connectivity index (χ1n) is 7.86. The normalized spacial score (nSPS) is 21.1. The summed E-state index contributed by atoms with van der Waals surface area (Å²) in [6.07, 6.45) is 4.34. The molecular weight excluding hydrogens is 316 g/mol. The molecule has 5 nitrogen and oxygen atoms in total. The number of aliphatic hydroxyl groups is 1. The Morgan fingerprint density at radius 2 is 2.00 bits per heavy atom. The van der Waals surface area contributed by atoms with Gasteiger partial charge in [-0.1, -0.05) is 18.2 Å². The van der Waals surface area contributed by atoms with Gasteiger partial charge in [0.05, 0.1) is 6.04 Å². The number of urea groups is 1. The number of carbonyl (C=O) groups excluding carboxylic acids is 1. The third kappa shape index (κ3) is 4.52. The van der Waals surface area contributed by atoms with Crippen molar-refractivity contribution >= 4 is 6.03 Å². The van der Waals surface area contributed by atoms with Crippen molar-refractivity contribution in [2.24, 2.45) is 5.92 Å². The Morgan fingerprint density at radius 3 is 2.54 bits per heavy atom. The maximum Gasteiger partial charge on any atom is 0.315 e. The number of hydrogen-bond acceptors (Lipinski definition) is 3. The van der Waals surface area contributed by atoms with Gasteiger partial charge in [-0.15, -0.1) is 0 Å². The van der Waals surface area contributed by atoms with Gasteiger partial charge in [0.1, 0.15) is 11.6 Å². The van der Waals surface area contributed by atoms with Crippen LogP contribution < -0.4 is 10.6 Å². The number of likely N-dealkylation sites (N-methyl/N-ethyl adjacent to an activating group) is 1.